The Hall–Kier alpha value is -1.83. The predicted molar refractivity (Wildman–Crippen MR) is 86.2 cm³/mol. The second-order valence-electron chi connectivity index (χ2n) is 4.98. The third-order valence-corrected chi connectivity index (χ3v) is 5.64. The van der Waals surface area contributed by atoms with Gasteiger partial charge in [-0.05, 0) is 42.3 Å². The van der Waals surface area contributed by atoms with Crippen molar-refractivity contribution >= 4 is 33.4 Å². The molecule has 0 saturated carbocycles. The number of nitrogens with one attached hydrogen (secondary N) is 1. The Kier molecular flexibility index (Phi) is 3.94. The molecule has 3 N–H and O–H groups in total. The molecular formula is C15H14N2O3S2. The van der Waals surface area contributed by atoms with Crippen molar-refractivity contribution in [2.45, 2.75) is 21.5 Å². The summed E-state index contributed by atoms with van der Waals surface area (Å²) in [4.78, 5) is 13.4. The minimum Gasteiger partial charge on any atom is -0.325 e. The van der Waals surface area contributed by atoms with Gasteiger partial charge in [-0.3, -0.25) is 4.79 Å². The van der Waals surface area contributed by atoms with Gasteiger partial charge in [0, 0.05) is 10.6 Å². The largest absolute Gasteiger partial charge is 0.325 e. The fourth-order valence-corrected chi connectivity index (χ4v) is 3.99. The molecule has 3 rings (SSSR count). The van der Waals surface area contributed by atoms with Gasteiger partial charge in [-0.25, -0.2) is 13.6 Å². The number of thioether (sulfide) groups is 1. The molecule has 1 amide bonds. The lowest BCUT2D eigenvalue weighted by molar-refractivity contribution is -0.115. The topological polar surface area (TPSA) is 89.3 Å². The Morgan fingerprint density at radius 2 is 1.82 bits per heavy atom. The maximum atomic E-state index is 12.3. The third kappa shape index (κ3) is 3.16. The molecule has 0 fully saturated rings. The molecule has 0 saturated heterocycles. The van der Waals surface area contributed by atoms with Crippen molar-refractivity contribution in [2.75, 3.05) is 5.32 Å². The zero-order valence-electron chi connectivity index (χ0n) is 11.5. The van der Waals surface area contributed by atoms with Gasteiger partial charge in [0.05, 0.1) is 10.1 Å². The van der Waals surface area contributed by atoms with Gasteiger partial charge in [-0.2, -0.15) is 0 Å². The number of hydrogen-bond acceptors (Lipinski definition) is 4. The molecule has 1 unspecified atom stereocenters. The van der Waals surface area contributed by atoms with Gasteiger partial charge in [-0.15, -0.1) is 11.8 Å². The Morgan fingerprint density at radius 1 is 1.14 bits per heavy atom. The summed E-state index contributed by atoms with van der Waals surface area (Å²) in [5.41, 5.74) is 1.73. The van der Waals surface area contributed by atoms with Crippen LogP contribution < -0.4 is 10.5 Å². The predicted octanol–water partition coefficient (Wildman–Crippen LogP) is 1.99. The van der Waals surface area contributed by atoms with Crippen molar-refractivity contribution < 1.29 is 13.2 Å². The molecule has 0 aromatic heterocycles. The summed E-state index contributed by atoms with van der Waals surface area (Å²) in [6, 6.07) is 13.8. The fourth-order valence-electron chi connectivity index (χ4n) is 2.28. The quantitative estimate of drug-likeness (QED) is 0.898. The van der Waals surface area contributed by atoms with E-state index in [1.54, 1.807) is 11.8 Å². The lowest BCUT2D eigenvalue weighted by atomic mass is 10.1. The van der Waals surface area contributed by atoms with Crippen molar-refractivity contribution in [1.82, 2.24) is 0 Å². The number of hydrogen-bond donors (Lipinski definition) is 2. The van der Waals surface area contributed by atoms with Crippen molar-refractivity contribution in [3.63, 3.8) is 0 Å². The molecule has 1 aliphatic heterocycles. The van der Waals surface area contributed by atoms with E-state index in [0.717, 1.165) is 4.90 Å². The number of amides is 1. The van der Waals surface area contributed by atoms with Crippen molar-refractivity contribution in [3.8, 4) is 0 Å². The molecule has 22 heavy (non-hydrogen) atoms. The van der Waals surface area contributed by atoms with E-state index in [9.17, 15) is 13.2 Å². The van der Waals surface area contributed by atoms with Gasteiger partial charge >= 0.3 is 0 Å². The van der Waals surface area contributed by atoms with Gasteiger partial charge < -0.3 is 5.32 Å². The molecule has 0 spiro atoms. The van der Waals surface area contributed by atoms with Crippen LogP contribution >= 0.6 is 11.8 Å². The second kappa shape index (κ2) is 5.75. The first kappa shape index (κ1) is 15.1. The highest BCUT2D eigenvalue weighted by molar-refractivity contribution is 8.01. The fraction of sp³-hybridized carbons (Fsp3) is 0.133. The van der Waals surface area contributed by atoms with E-state index in [2.05, 4.69) is 5.32 Å². The number of nitrogens with two attached hydrogens (primary N) is 1. The molecule has 0 radical (unpaired) electrons. The summed E-state index contributed by atoms with van der Waals surface area (Å²) in [5.74, 6) is -0.0930. The molecule has 1 aliphatic rings. The van der Waals surface area contributed by atoms with E-state index in [4.69, 9.17) is 5.14 Å². The summed E-state index contributed by atoms with van der Waals surface area (Å²) >= 11 is 1.54. The van der Waals surface area contributed by atoms with Gasteiger partial charge in [0.1, 0.15) is 0 Å². The van der Waals surface area contributed by atoms with Gasteiger partial charge in [0.15, 0.2) is 0 Å². The number of fused-ring (bicyclic) bond motifs is 1. The normalized spacial score (nSPS) is 17.0. The SMILES string of the molecule is NS(=O)(=O)c1ccc(NC(=O)C2Cc3ccccc3S2)cc1. The van der Waals surface area contributed by atoms with Crippen LogP contribution in [0.3, 0.4) is 0 Å². The van der Waals surface area contributed by atoms with Gasteiger partial charge in [0.2, 0.25) is 15.9 Å². The van der Waals surface area contributed by atoms with Crippen LogP contribution in [0, 0.1) is 0 Å². The maximum Gasteiger partial charge on any atom is 0.238 e. The Balaban J connectivity index is 1.68. The van der Waals surface area contributed by atoms with Crippen LogP contribution in [0.4, 0.5) is 5.69 Å². The van der Waals surface area contributed by atoms with Crippen LogP contribution in [0.15, 0.2) is 58.3 Å². The average molecular weight is 334 g/mol. The molecule has 114 valence electrons. The van der Waals surface area contributed by atoms with Crippen molar-refractivity contribution in [1.29, 1.82) is 0 Å². The van der Waals surface area contributed by atoms with Crippen LogP contribution in [0.5, 0.6) is 0 Å². The van der Waals surface area contributed by atoms with Crippen LogP contribution in [0.25, 0.3) is 0 Å². The van der Waals surface area contributed by atoms with Crippen LogP contribution in [0.1, 0.15) is 5.56 Å². The first-order valence-electron chi connectivity index (χ1n) is 6.62. The molecular weight excluding hydrogens is 320 g/mol. The first-order valence-corrected chi connectivity index (χ1v) is 9.04. The Morgan fingerprint density at radius 3 is 2.45 bits per heavy atom. The number of primary sulfonamides is 1. The van der Waals surface area contributed by atoms with E-state index in [1.807, 2.05) is 24.3 Å². The molecule has 2 aromatic carbocycles. The van der Waals surface area contributed by atoms with Crippen molar-refractivity contribution in [3.05, 3.63) is 54.1 Å². The number of carbonyl (C=O) groups excluding carboxylic acids is 1. The minimum atomic E-state index is -3.72. The summed E-state index contributed by atoms with van der Waals surface area (Å²) in [7, 11) is -3.72. The van der Waals surface area contributed by atoms with Crippen molar-refractivity contribution in [2.24, 2.45) is 5.14 Å². The number of carbonyl (C=O) groups is 1. The molecule has 1 atom stereocenters. The van der Waals surface area contributed by atoms with E-state index in [0.29, 0.717) is 12.1 Å². The average Bonchev–Trinajstić information content (AvgIpc) is 2.91. The number of benzene rings is 2. The van der Waals surface area contributed by atoms with E-state index < -0.39 is 10.0 Å². The first-order chi connectivity index (χ1) is 10.4. The zero-order valence-corrected chi connectivity index (χ0v) is 13.2. The van der Waals surface area contributed by atoms with E-state index in [-0.39, 0.29) is 16.1 Å². The molecule has 7 heteroatoms. The molecule has 2 aromatic rings. The molecule has 0 aliphatic carbocycles. The number of sulfonamides is 1. The second-order valence-corrected chi connectivity index (χ2v) is 7.78. The summed E-state index contributed by atoms with van der Waals surface area (Å²) in [5, 5.41) is 7.67. The minimum absolute atomic E-state index is 0.0214. The van der Waals surface area contributed by atoms with E-state index >= 15 is 0 Å². The smallest absolute Gasteiger partial charge is 0.238 e. The molecule has 5 nitrogen and oxygen atoms in total. The van der Waals surface area contributed by atoms with Crippen LogP contribution in [0.2, 0.25) is 0 Å². The highest BCUT2D eigenvalue weighted by Gasteiger charge is 2.27. The summed E-state index contributed by atoms with van der Waals surface area (Å²) < 4.78 is 22.4. The monoisotopic (exact) mass is 334 g/mol. The summed E-state index contributed by atoms with van der Waals surface area (Å²) in [6.45, 7) is 0. The number of rotatable bonds is 3. The number of anilines is 1. The Bertz CT molecular complexity index is 792. The lowest BCUT2D eigenvalue weighted by Crippen LogP contribution is -2.24. The highest BCUT2D eigenvalue weighted by Crippen LogP contribution is 2.37. The standard InChI is InChI=1S/C15H14N2O3S2/c16-22(19,20)12-7-5-11(6-8-12)17-15(18)14-9-10-3-1-2-4-13(10)21-14/h1-8,14H,9H2,(H,17,18)(H2,16,19,20). The van der Waals surface area contributed by atoms with Crippen LogP contribution in [-0.4, -0.2) is 19.6 Å². The van der Waals surface area contributed by atoms with E-state index in [1.165, 1.54) is 29.8 Å². The van der Waals surface area contributed by atoms with Gasteiger partial charge in [0.25, 0.3) is 0 Å². The maximum absolute atomic E-state index is 12.3. The van der Waals surface area contributed by atoms with Crippen LogP contribution in [-0.2, 0) is 21.2 Å². The lowest BCUT2D eigenvalue weighted by Gasteiger charge is -2.10. The van der Waals surface area contributed by atoms with Gasteiger partial charge in [-0.1, -0.05) is 18.2 Å². The Labute approximate surface area is 133 Å². The highest BCUT2D eigenvalue weighted by atomic mass is 32.2. The third-order valence-electron chi connectivity index (χ3n) is 3.39. The summed E-state index contributed by atoms with van der Waals surface area (Å²) in [6.07, 6.45) is 0.696. The molecule has 0 bridgehead atoms. The zero-order chi connectivity index (χ0) is 15.7. The molecule has 1 heterocycles.